The molecule has 1 heterocycles. The molecule has 1 aromatic carbocycles. The Bertz CT molecular complexity index is 565. The van der Waals surface area contributed by atoms with Gasteiger partial charge in [-0.2, -0.15) is 0 Å². The van der Waals surface area contributed by atoms with Gasteiger partial charge in [-0.05, 0) is 49.9 Å². The van der Waals surface area contributed by atoms with E-state index in [1.54, 1.807) is 26.0 Å². The summed E-state index contributed by atoms with van der Waals surface area (Å²) >= 11 is 5.98. The molecule has 0 spiro atoms. The molecule has 0 amide bonds. The minimum Gasteiger partial charge on any atom is -0.377 e. The highest BCUT2D eigenvalue weighted by atomic mass is 35.5. The zero-order valence-corrected chi connectivity index (χ0v) is 12.6. The molecule has 0 aliphatic carbocycles. The quantitative estimate of drug-likeness (QED) is 0.929. The number of sulfonamides is 1. The Morgan fingerprint density at radius 1 is 1.37 bits per heavy atom. The van der Waals surface area contributed by atoms with Crippen LogP contribution in [0.3, 0.4) is 0 Å². The highest BCUT2D eigenvalue weighted by Crippen LogP contribution is 2.24. The number of ether oxygens (including phenoxy) is 1. The van der Waals surface area contributed by atoms with Crippen LogP contribution < -0.4 is 4.72 Å². The van der Waals surface area contributed by atoms with E-state index in [0.717, 1.165) is 18.4 Å². The Morgan fingerprint density at radius 3 is 2.74 bits per heavy atom. The summed E-state index contributed by atoms with van der Waals surface area (Å²) in [4.78, 5) is 0.285. The maximum atomic E-state index is 12.3. The van der Waals surface area contributed by atoms with E-state index in [9.17, 15) is 8.42 Å². The Kier molecular flexibility index (Phi) is 4.50. The molecular weight excluding hydrogens is 286 g/mol. The third-order valence-corrected chi connectivity index (χ3v) is 5.24. The van der Waals surface area contributed by atoms with Crippen LogP contribution in [0.25, 0.3) is 0 Å². The fourth-order valence-corrected chi connectivity index (χ4v) is 3.72. The summed E-state index contributed by atoms with van der Waals surface area (Å²) in [5.41, 5.74) is 1.40. The first-order chi connectivity index (χ1) is 8.90. The van der Waals surface area contributed by atoms with E-state index < -0.39 is 10.0 Å². The lowest BCUT2D eigenvalue weighted by atomic mass is 10.2. The molecule has 106 valence electrons. The first-order valence-electron chi connectivity index (χ1n) is 6.28. The fraction of sp³-hybridized carbons (Fsp3) is 0.538. The average molecular weight is 304 g/mol. The molecule has 0 saturated carbocycles. The van der Waals surface area contributed by atoms with Crippen molar-refractivity contribution in [3.8, 4) is 0 Å². The molecule has 1 atom stereocenters. The van der Waals surface area contributed by atoms with Crippen molar-refractivity contribution < 1.29 is 13.2 Å². The topological polar surface area (TPSA) is 55.4 Å². The van der Waals surface area contributed by atoms with Gasteiger partial charge < -0.3 is 4.74 Å². The van der Waals surface area contributed by atoms with Crippen LogP contribution in [-0.2, 0) is 14.8 Å². The number of hydrogen-bond acceptors (Lipinski definition) is 3. The first kappa shape index (κ1) is 14.8. The third kappa shape index (κ3) is 3.48. The summed E-state index contributed by atoms with van der Waals surface area (Å²) in [7, 11) is -3.51. The lowest BCUT2D eigenvalue weighted by Crippen LogP contribution is -2.32. The fourth-order valence-electron chi connectivity index (χ4n) is 2.13. The van der Waals surface area contributed by atoms with Crippen molar-refractivity contribution in [1.29, 1.82) is 0 Å². The van der Waals surface area contributed by atoms with Gasteiger partial charge in [0.15, 0.2) is 0 Å². The Morgan fingerprint density at radius 2 is 2.11 bits per heavy atom. The van der Waals surface area contributed by atoms with Crippen LogP contribution in [0, 0.1) is 13.8 Å². The smallest absolute Gasteiger partial charge is 0.240 e. The van der Waals surface area contributed by atoms with Crippen molar-refractivity contribution in [3.63, 3.8) is 0 Å². The van der Waals surface area contributed by atoms with Crippen molar-refractivity contribution in [2.24, 2.45) is 0 Å². The zero-order chi connectivity index (χ0) is 14.0. The van der Waals surface area contributed by atoms with Gasteiger partial charge in [0.1, 0.15) is 0 Å². The summed E-state index contributed by atoms with van der Waals surface area (Å²) in [6.45, 7) is 4.57. The average Bonchev–Trinajstić information content (AvgIpc) is 2.84. The van der Waals surface area contributed by atoms with Gasteiger partial charge in [0.05, 0.1) is 11.0 Å². The van der Waals surface area contributed by atoms with Gasteiger partial charge in [0.25, 0.3) is 0 Å². The van der Waals surface area contributed by atoms with Crippen molar-refractivity contribution in [2.45, 2.75) is 37.7 Å². The van der Waals surface area contributed by atoms with E-state index >= 15 is 0 Å². The molecule has 19 heavy (non-hydrogen) atoms. The molecule has 1 aliphatic heterocycles. The normalized spacial score (nSPS) is 19.8. The van der Waals surface area contributed by atoms with E-state index in [2.05, 4.69) is 4.72 Å². The lowest BCUT2D eigenvalue weighted by Gasteiger charge is -2.13. The van der Waals surface area contributed by atoms with Gasteiger partial charge in [-0.3, -0.25) is 0 Å². The van der Waals surface area contributed by atoms with E-state index in [0.29, 0.717) is 23.7 Å². The minimum absolute atomic E-state index is 0.0107. The zero-order valence-electron chi connectivity index (χ0n) is 11.1. The van der Waals surface area contributed by atoms with E-state index in [1.165, 1.54) is 0 Å². The van der Waals surface area contributed by atoms with Crippen molar-refractivity contribution in [1.82, 2.24) is 4.72 Å². The molecule has 0 unspecified atom stereocenters. The number of benzene rings is 1. The largest absolute Gasteiger partial charge is 0.377 e. The van der Waals surface area contributed by atoms with E-state index in [4.69, 9.17) is 16.3 Å². The second kappa shape index (κ2) is 5.79. The van der Waals surface area contributed by atoms with Crippen molar-refractivity contribution >= 4 is 21.6 Å². The number of aryl methyl sites for hydroxylation is 2. The van der Waals surface area contributed by atoms with Gasteiger partial charge >= 0.3 is 0 Å². The summed E-state index contributed by atoms with van der Waals surface area (Å²) in [6.07, 6.45) is 1.88. The number of rotatable bonds is 4. The maximum absolute atomic E-state index is 12.3. The highest BCUT2D eigenvalue weighted by molar-refractivity contribution is 7.89. The summed E-state index contributed by atoms with van der Waals surface area (Å²) in [5.74, 6) is 0. The van der Waals surface area contributed by atoms with E-state index in [1.807, 2.05) is 0 Å². The van der Waals surface area contributed by atoms with Crippen molar-refractivity contribution in [3.05, 3.63) is 28.3 Å². The van der Waals surface area contributed by atoms with Gasteiger partial charge in [-0.1, -0.05) is 11.6 Å². The SMILES string of the molecule is Cc1cc(S(=O)(=O)NC[C@@H]2CCCO2)c(C)cc1Cl. The summed E-state index contributed by atoms with van der Waals surface area (Å²) in [5, 5.41) is 0.579. The number of nitrogens with one attached hydrogen (secondary N) is 1. The number of hydrogen-bond donors (Lipinski definition) is 1. The van der Waals surface area contributed by atoms with Crippen LogP contribution in [0.15, 0.2) is 17.0 Å². The van der Waals surface area contributed by atoms with Gasteiger partial charge in [-0.15, -0.1) is 0 Å². The molecule has 1 aliphatic rings. The molecular formula is C13H18ClNO3S. The molecule has 6 heteroatoms. The van der Waals surface area contributed by atoms with Crippen LogP contribution in [0.2, 0.25) is 5.02 Å². The van der Waals surface area contributed by atoms with Crippen LogP contribution >= 0.6 is 11.6 Å². The van der Waals surface area contributed by atoms with Crippen LogP contribution in [0.5, 0.6) is 0 Å². The Hall–Kier alpha value is -0.620. The van der Waals surface area contributed by atoms with Crippen molar-refractivity contribution in [2.75, 3.05) is 13.2 Å². The Balaban J connectivity index is 2.16. The predicted octanol–water partition coefficient (Wildman–Crippen LogP) is 2.41. The van der Waals surface area contributed by atoms with Crippen LogP contribution in [0.1, 0.15) is 24.0 Å². The van der Waals surface area contributed by atoms with E-state index in [-0.39, 0.29) is 11.0 Å². The Labute approximate surface area is 119 Å². The standard InChI is InChI=1S/C13H18ClNO3S/c1-9-7-13(10(2)6-12(9)14)19(16,17)15-8-11-4-3-5-18-11/h6-7,11,15H,3-5,8H2,1-2H3/t11-/m0/s1. The molecule has 4 nitrogen and oxygen atoms in total. The van der Waals surface area contributed by atoms with Crippen LogP contribution in [-0.4, -0.2) is 27.7 Å². The predicted molar refractivity (Wildman–Crippen MR) is 75.1 cm³/mol. The minimum atomic E-state index is -3.51. The molecule has 0 aromatic heterocycles. The second-order valence-corrected chi connectivity index (χ2v) is 7.00. The molecule has 0 bridgehead atoms. The monoisotopic (exact) mass is 303 g/mol. The van der Waals surface area contributed by atoms with Gasteiger partial charge in [-0.25, -0.2) is 13.1 Å². The maximum Gasteiger partial charge on any atom is 0.240 e. The summed E-state index contributed by atoms with van der Waals surface area (Å²) in [6, 6.07) is 3.28. The molecule has 1 aromatic rings. The van der Waals surface area contributed by atoms with Crippen LogP contribution in [0.4, 0.5) is 0 Å². The number of halogens is 1. The summed E-state index contributed by atoms with van der Waals surface area (Å²) < 4.78 is 32.5. The molecule has 2 rings (SSSR count). The third-order valence-electron chi connectivity index (χ3n) is 3.27. The second-order valence-electron chi connectivity index (χ2n) is 4.85. The lowest BCUT2D eigenvalue weighted by molar-refractivity contribution is 0.114. The first-order valence-corrected chi connectivity index (χ1v) is 8.14. The molecule has 1 N–H and O–H groups in total. The van der Waals surface area contributed by atoms with Gasteiger partial charge in [0.2, 0.25) is 10.0 Å². The van der Waals surface area contributed by atoms with Gasteiger partial charge in [0, 0.05) is 18.2 Å². The molecule has 1 saturated heterocycles. The highest BCUT2D eigenvalue weighted by Gasteiger charge is 2.22. The molecule has 1 fully saturated rings. The molecule has 0 radical (unpaired) electrons.